The molecule has 150 valence electrons. The summed E-state index contributed by atoms with van der Waals surface area (Å²) in [5.74, 6) is -2.80. The van der Waals surface area contributed by atoms with Crippen molar-refractivity contribution in [1.82, 2.24) is 9.78 Å². The highest BCUT2D eigenvalue weighted by Gasteiger charge is 2.34. The molecule has 0 bridgehead atoms. The third-order valence-corrected chi connectivity index (χ3v) is 4.17. The fourth-order valence-corrected chi connectivity index (χ4v) is 2.87. The minimum Gasteiger partial charge on any atom is -0.550 e. The number of rotatable bonds is 5. The number of carbonyl (C=O) groups is 1. The summed E-state index contributed by atoms with van der Waals surface area (Å²) in [6.45, 7) is -0.195. The minimum absolute atomic E-state index is 0.110. The van der Waals surface area contributed by atoms with Crippen molar-refractivity contribution < 1.29 is 27.5 Å². The van der Waals surface area contributed by atoms with Gasteiger partial charge in [-0.05, 0) is 12.1 Å². The first-order valence-corrected chi connectivity index (χ1v) is 8.39. The quantitative estimate of drug-likeness (QED) is 0.612. The maximum Gasteiger partial charge on any atom is 0.419 e. The lowest BCUT2D eigenvalue weighted by atomic mass is 10.1. The van der Waals surface area contributed by atoms with E-state index in [0.717, 1.165) is 16.8 Å². The average Bonchev–Trinajstić information content (AvgIpc) is 2.65. The molecule has 0 radical (unpaired) electrons. The predicted molar refractivity (Wildman–Crippen MR) is 95.1 cm³/mol. The standard InChI is InChI=1S/C20H14F4N2O3/c21-18-12(5-3-9-15(18)20(22,23)24)6-4-10-26-19(29)14-8-2-1-7-13(14)16(25-26)11-17(27)28/h1-9H,10-11H2,(H,27,28)/p-1/b6-4+. The van der Waals surface area contributed by atoms with Crippen molar-refractivity contribution in [2.24, 2.45) is 0 Å². The van der Waals surface area contributed by atoms with Crippen molar-refractivity contribution in [3.8, 4) is 0 Å². The number of nitrogens with zero attached hydrogens (tertiary/aromatic N) is 2. The summed E-state index contributed by atoms with van der Waals surface area (Å²) in [5.41, 5.74) is -2.10. The van der Waals surface area contributed by atoms with Gasteiger partial charge in [-0.25, -0.2) is 9.07 Å². The highest BCUT2D eigenvalue weighted by molar-refractivity contribution is 5.86. The van der Waals surface area contributed by atoms with Crippen LogP contribution in [-0.2, 0) is 23.9 Å². The Balaban J connectivity index is 1.96. The van der Waals surface area contributed by atoms with Crippen LogP contribution in [0.4, 0.5) is 17.6 Å². The zero-order valence-electron chi connectivity index (χ0n) is 14.7. The van der Waals surface area contributed by atoms with Crippen LogP contribution < -0.4 is 10.7 Å². The molecule has 3 aromatic rings. The Morgan fingerprint density at radius 2 is 1.79 bits per heavy atom. The molecule has 0 aliphatic rings. The van der Waals surface area contributed by atoms with Crippen LogP contribution in [-0.4, -0.2) is 15.7 Å². The zero-order chi connectivity index (χ0) is 21.2. The molecular weight excluding hydrogens is 392 g/mol. The first kappa shape index (κ1) is 20.2. The lowest BCUT2D eigenvalue weighted by molar-refractivity contribution is -0.304. The van der Waals surface area contributed by atoms with Crippen molar-refractivity contribution in [2.75, 3.05) is 0 Å². The molecule has 0 spiro atoms. The Bertz CT molecular complexity index is 1170. The predicted octanol–water partition coefficient (Wildman–Crippen LogP) is 2.56. The Hall–Kier alpha value is -3.49. The molecule has 0 unspecified atom stereocenters. The molecule has 2 aromatic carbocycles. The smallest absolute Gasteiger partial charge is 0.419 e. The molecule has 0 fully saturated rings. The summed E-state index contributed by atoms with van der Waals surface area (Å²) in [5, 5.41) is 15.6. The van der Waals surface area contributed by atoms with Crippen molar-refractivity contribution >= 4 is 22.8 Å². The van der Waals surface area contributed by atoms with Gasteiger partial charge in [0.1, 0.15) is 5.82 Å². The Labute approximate surface area is 161 Å². The maximum absolute atomic E-state index is 14.1. The highest BCUT2D eigenvalue weighted by atomic mass is 19.4. The van der Waals surface area contributed by atoms with E-state index in [4.69, 9.17) is 0 Å². The summed E-state index contributed by atoms with van der Waals surface area (Å²) in [4.78, 5) is 23.5. The van der Waals surface area contributed by atoms with E-state index in [1.807, 2.05) is 0 Å². The molecule has 1 heterocycles. The van der Waals surface area contributed by atoms with Crippen LogP contribution in [0.5, 0.6) is 0 Å². The van der Waals surface area contributed by atoms with Gasteiger partial charge in [0.15, 0.2) is 0 Å². The zero-order valence-corrected chi connectivity index (χ0v) is 14.7. The number of alkyl halides is 3. The molecular formula is C20H13F4N2O3-. The largest absolute Gasteiger partial charge is 0.550 e. The number of aromatic nitrogens is 2. The van der Waals surface area contributed by atoms with Crippen molar-refractivity contribution in [2.45, 2.75) is 19.1 Å². The van der Waals surface area contributed by atoms with Crippen molar-refractivity contribution in [1.29, 1.82) is 0 Å². The van der Waals surface area contributed by atoms with Crippen LogP contribution >= 0.6 is 0 Å². The summed E-state index contributed by atoms with van der Waals surface area (Å²) >= 11 is 0. The average molecular weight is 405 g/mol. The molecule has 9 heteroatoms. The SMILES string of the molecule is O=C([O-])Cc1nn(C/C=C/c2cccc(C(F)(F)F)c2F)c(=O)c2ccccc12. The molecule has 0 amide bonds. The summed E-state index contributed by atoms with van der Waals surface area (Å²) < 4.78 is 53.4. The van der Waals surface area contributed by atoms with Gasteiger partial charge in [-0.15, -0.1) is 0 Å². The maximum atomic E-state index is 14.1. The summed E-state index contributed by atoms with van der Waals surface area (Å²) in [6, 6.07) is 9.16. The topological polar surface area (TPSA) is 75.0 Å². The third-order valence-electron chi connectivity index (χ3n) is 4.17. The Morgan fingerprint density at radius 3 is 2.45 bits per heavy atom. The van der Waals surface area contributed by atoms with Gasteiger partial charge in [0, 0.05) is 23.3 Å². The molecule has 0 saturated heterocycles. The Morgan fingerprint density at radius 1 is 1.10 bits per heavy atom. The van der Waals surface area contributed by atoms with E-state index in [2.05, 4.69) is 5.10 Å². The normalized spacial score (nSPS) is 12.0. The second-order valence-corrected chi connectivity index (χ2v) is 6.14. The number of benzene rings is 2. The van der Waals surface area contributed by atoms with Gasteiger partial charge in [0.2, 0.25) is 0 Å². The fourth-order valence-electron chi connectivity index (χ4n) is 2.87. The molecule has 3 rings (SSSR count). The van der Waals surface area contributed by atoms with Crippen LogP contribution in [0.2, 0.25) is 0 Å². The van der Waals surface area contributed by atoms with Gasteiger partial charge in [0.05, 0.1) is 23.2 Å². The van der Waals surface area contributed by atoms with E-state index >= 15 is 0 Å². The van der Waals surface area contributed by atoms with Crippen LogP contribution in [0.25, 0.3) is 16.8 Å². The molecule has 0 saturated carbocycles. The number of fused-ring (bicyclic) bond motifs is 1. The number of carboxylic acids is 1. The van der Waals surface area contributed by atoms with Crippen LogP contribution in [0.1, 0.15) is 16.8 Å². The molecule has 5 nitrogen and oxygen atoms in total. The van der Waals surface area contributed by atoms with Gasteiger partial charge in [0.25, 0.3) is 5.56 Å². The lowest BCUT2D eigenvalue weighted by Crippen LogP contribution is -2.29. The van der Waals surface area contributed by atoms with E-state index in [1.54, 1.807) is 18.2 Å². The lowest BCUT2D eigenvalue weighted by Gasteiger charge is -2.10. The van der Waals surface area contributed by atoms with Crippen LogP contribution in [0, 0.1) is 5.82 Å². The van der Waals surface area contributed by atoms with E-state index in [-0.39, 0.29) is 23.2 Å². The minimum atomic E-state index is -4.83. The Kier molecular flexibility index (Phi) is 5.49. The first-order chi connectivity index (χ1) is 13.7. The first-order valence-electron chi connectivity index (χ1n) is 8.39. The van der Waals surface area contributed by atoms with Crippen molar-refractivity contribution in [3.63, 3.8) is 0 Å². The number of hydrogen-bond acceptors (Lipinski definition) is 4. The van der Waals surface area contributed by atoms with E-state index in [9.17, 15) is 32.3 Å². The number of hydrogen-bond donors (Lipinski definition) is 0. The van der Waals surface area contributed by atoms with Gasteiger partial charge in [-0.2, -0.15) is 18.3 Å². The van der Waals surface area contributed by atoms with E-state index in [0.29, 0.717) is 11.5 Å². The second kappa shape index (κ2) is 7.86. The van der Waals surface area contributed by atoms with Crippen LogP contribution in [0.3, 0.4) is 0 Å². The molecule has 0 N–H and O–H groups in total. The van der Waals surface area contributed by atoms with E-state index in [1.165, 1.54) is 18.2 Å². The molecule has 1 aromatic heterocycles. The molecule has 0 atom stereocenters. The fraction of sp³-hybridized carbons (Fsp3) is 0.150. The van der Waals surface area contributed by atoms with Gasteiger partial charge >= 0.3 is 6.18 Å². The van der Waals surface area contributed by atoms with Gasteiger partial charge in [-0.3, -0.25) is 4.79 Å². The monoisotopic (exact) mass is 405 g/mol. The number of carbonyl (C=O) groups excluding carboxylic acids is 1. The summed E-state index contributed by atoms with van der Waals surface area (Å²) in [7, 11) is 0. The van der Waals surface area contributed by atoms with Crippen molar-refractivity contribution in [3.05, 3.63) is 81.5 Å². The number of carboxylic acid groups (broad SMARTS) is 1. The molecule has 0 aliphatic heterocycles. The molecule has 0 aliphatic carbocycles. The third kappa shape index (κ3) is 4.34. The van der Waals surface area contributed by atoms with Crippen LogP contribution in [0.15, 0.2) is 53.3 Å². The molecule has 29 heavy (non-hydrogen) atoms. The number of aliphatic carboxylic acids is 1. The number of allylic oxidation sites excluding steroid dienone is 1. The van der Waals surface area contributed by atoms with Gasteiger partial charge < -0.3 is 9.90 Å². The highest BCUT2D eigenvalue weighted by Crippen LogP contribution is 2.32. The number of halogens is 4. The van der Waals surface area contributed by atoms with E-state index < -0.39 is 35.5 Å². The van der Waals surface area contributed by atoms with Gasteiger partial charge in [-0.1, -0.05) is 42.5 Å². The summed E-state index contributed by atoms with van der Waals surface area (Å²) in [6.07, 6.45) is -2.98. The second-order valence-electron chi connectivity index (χ2n) is 6.14.